The van der Waals surface area contributed by atoms with E-state index in [4.69, 9.17) is 9.15 Å². The van der Waals surface area contributed by atoms with Gasteiger partial charge in [0.2, 0.25) is 0 Å². The molecule has 3 nitrogen and oxygen atoms in total. The average Bonchev–Trinajstić information content (AvgIpc) is 2.78. The third kappa shape index (κ3) is 2.71. The summed E-state index contributed by atoms with van der Waals surface area (Å²) >= 11 is 0. The zero-order chi connectivity index (χ0) is 13.1. The Bertz CT molecular complexity index is 523. The largest absolute Gasteiger partial charge is 0.459 e. The van der Waals surface area contributed by atoms with Crippen LogP contribution in [-0.2, 0) is 4.74 Å². The van der Waals surface area contributed by atoms with Crippen LogP contribution in [0.5, 0.6) is 0 Å². The highest BCUT2D eigenvalue weighted by molar-refractivity contribution is 5.78. The van der Waals surface area contributed by atoms with Crippen LogP contribution in [0.1, 0.15) is 25.1 Å². The van der Waals surface area contributed by atoms with E-state index in [1.807, 2.05) is 20.0 Å². The fourth-order valence-electron chi connectivity index (χ4n) is 2.01. The Labute approximate surface area is 106 Å². The molecule has 0 saturated heterocycles. The smallest absolute Gasteiger partial charge is 0.134 e. The van der Waals surface area contributed by atoms with Crippen molar-refractivity contribution in [3.05, 3.63) is 35.8 Å². The summed E-state index contributed by atoms with van der Waals surface area (Å²) in [7, 11) is 3.56. The van der Waals surface area contributed by atoms with Crippen LogP contribution >= 0.6 is 0 Å². The van der Waals surface area contributed by atoms with Crippen molar-refractivity contribution in [3.63, 3.8) is 0 Å². The fourth-order valence-corrected chi connectivity index (χ4v) is 2.01. The molecule has 0 bridgehead atoms. The lowest BCUT2D eigenvalue weighted by Gasteiger charge is -2.17. The molecule has 0 amide bonds. The molecule has 0 aliphatic carbocycles. The SMILES string of the molecule is CNC(CC(C)OC)c1cc2cc(F)ccc2o1. The number of hydrogen-bond donors (Lipinski definition) is 1. The fraction of sp³-hybridized carbons (Fsp3) is 0.429. The summed E-state index contributed by atoms with van der Waals surface area (Å²) in [5.41, 5.74) is 0.705. The summed E-state index contributed by atoms with van der Waals surface area (Å²) in [5, 5.41) is 3.98. The van der Waals surface area contributed by atoms with Crippen molar-refractivity contribution in [1.29, 1.82) is 0 Å². The predicted molar refractivity (Wildman–Crippen MR) is 69.1 cm³/mol. The summed E-state index contributed by atoms with van der Waals surface area (Å²) in [6.45, 7) is 2.01. The number of benzene rings is 1. The number of halogens is 1. The third-order valence-electron chi connectivity index (χ3n) is 3.16. The first kappa shape index (κ1) is 13.1. The van der Waals surface area contributed by atoms with Crippen LogP contribution in [0.3, 0.4) is 0 Å². The van der Waals surface area contributed by atoms with Crippen LogP contribution in [-0.4, -0.2) is 20.3 Å². The van der Waals surface area contributed by atoms with Crippen molar-refractivity contribution in [2.45, 2.75) is 25.5 Å². The van der Waals surface area contributed by atoms with Crippen LogP contribution in [0.4, 0.5) is 4.39 Å². The highest BCUT2D eigenvalue weighted by Gasteiger charge is 2.17. The summed E-state index contributed by atoms with van der Waals surface area (Å²) in [6.07, 6.45) is 0.933. The van der Waals surface area contributed by atoms with Gasteiger partial charge in [-0.1, -0.05) is 0 Å². The Kier molecular flexibility index (Phi) is 3.99. The van der Waals surface area contributed by atoms with Gasteiger partial charge < -0.3 is 14.5 Å². The van der Waals surface area contributed by atoms with Crippen LogP contribution in [0.25, 0.3) is 11.0 Å². The van der Waals surface area contributed by atoms with Gasteiger partial charge in [0.1, 0.15) is 17.2 Å². The maximum atomic E-state index is 13.1. The van der Waals surface area contributed by atoms with E-state index in [-0.39, 0.29) is 18.0 Å². The first-order valence-electron chi connectivity index (χ1n) is 6.03. The molecule has 2 rings (SSSR count). The van der Waals surface area contributed by atoms with Crippen LogP contribution in [0.2, 0.25) is 0 Å². The van der Waals surface area contributed by atoms with Gasteiger partial charge >= 0.3 is 0 Å². The quantitative estimate of drug-likeness (QED) is 0.885. The summed E-state index contributed by atoms with van der Waals surface area (Å²) in [4.78, 5) is 0. The lowest BCUT2D eigenvalue weighted by Crippen LogP contribution is -2.21. The Balaban J connectivity index is 2.28. The molecule has 1 aromatic heterocycles. The maximum Gasteiger partial charge on any atom is 0.134 e. The summed E-state index contributed by atoms with van der Waals surface area (Å²) in [5.74, 6) is 0.558. The van der Waals surface area contributed by atoms with Gasteiger partial charge in [-0.25, -0.2) is 4.39 Å². The molecule has 1 N–H and O–H groups in total. The van der Waals surface area contributed by atoms with E-state index in [2.05, 4.69) is 5.32 Å². The number of rotatable bonds is 5. The van der Waals surface area contributed by atoms with E-state index in [9.17, 15) is 4.39 Å². The van der Waals surface area contributed by atoms with Crippen LogP contribution in [0.15, 0.2) is 28.7 Å². The number of nitrogens with one attached hydrogen (secondary N) is 1. The molecular formula is C14H18FNO2. The number of ether oxygens (including phenoxy) is 1. The number of methoxy groups -OCH3 is 1. The van der Waals surface area contributed by atoms with Gasteiger partial charge in [0.15, 0.2) is 0 Å². The maximum absolute atomic E-state index is 13.1. The zero-order valence-corrected chi connectivity index (χ0v) is 10.9. The van der Waals surface area contributed by atoms with E-state index in [1.165, 1.54) is 12.1 Å². The molecule has 18 heavy (non-hydrogen) atoms. The minimum Gasteiger partial charge on any atom is -0.459 e. The second kappa shape index (κ2) is 5.50. The third-order valence-corrected chi connectivity index (χ3v) is 3.16. The van der Waals surface area contributed by atoms with Gasteiger partial charge in [-0.15, -0.1) is 0 Å². The van der Waals surface area contributed by atoms with Crippen molar-refractivity contribution in [2.24, 2.45) is 0 Å². The van der Waals surface area contributed by atoms with Gasteiger partial charge in [-0.05, 0) is 44.7 Å². The summed E-state index contributed by atoms with van der Waals surface area (Å²) in [6, 6.07) is 6.48. The molecule has 4 heteroatoms. The normalized spacial score (nSPS) is 14.9. The molecule has 2 atom stereocenters. The van der Waals surface area contributed by atoms with Gasteiger partial charge in [-0.2, -0.15) is 0 Å². The molecule has 2 aromatic rings. The van der Waals surface area contributed by atoms with Gasteiger partial charge in [-0.3, -0.25) is 0 Å². The highest BCUT2D eigenvalue weighted by Crippen LogP contribution is 2.27. The zero-order valence-electron chi connectivity index (χ0n) is 10.9. The summed E-state index contributed by atoms with van der Waals surface area (Å²) < 4.78 is 24.1. The number of hydrogen-bond acceptors (Lipinski definition) is 3. The Hall–Kier alpha value is -1.39. The topological polar surface area (TPSA) is 34.4 Å². The van der Waals surface area contributed by atoms with Crippen molar-refractivity contribution in [3.8, 4) is 0 Å². The van der Waals surface area contributed by atoms with Crippen LogP contribution in [0, 0.1) is 5.82 Å². The highest BCUT2D eigenvalue weighted by atomic mass is 19.1. The molecule has 1 heterocycles. The number of fused-ring (bicyclic) bond motifs is 1. The Morgan fingerprint density at radius 2 is 2.17 bits per heavy atom. The molecule has 0 spiro atoms. The van der Waals surface area contributed by atoms with Gasteiger partial charge in [0.05, 0.1) is 12.1 Å². The molecule has 0 saturated carbocycles. The number of furan rings is 1. The van der Waals surface area contributed by atoms with E-state index >= 15 is 0 Å². The van der Waals surface area contributed by atoms with E-state index in [0.717, 1.165) is 17.6 Å². The van der Waals surface area contributed by atoms with Crippen molar-refractivity contribution >= 4 is 11.0 Å². The standard InChI is InChI=1S/C14H18FNO2/c1-9(17-3)6-12(16-2)14-8-10-7-11(15)4-5-13(10)18-14/h4-5,7-9,12,16H,6H2,1-3H3. The van der Waals surface area contributed by atoms with Crippen molar-refractivity contribution in [1.82, 2.24) is 5.32 Å². The predicted octanol–water partition coefficient (Wildman–Crippen LogP) is 3.26. The Morgan fingerprint density at radius 3 is 2.83 bits per heavy atom. The van der Waals surface area contributed by atoms with E-state index in [1.54, 1.807) is 13.2 Å². The van der Waals surface area contributed by atoms with Crippen molar-refractivity contribution < 1.29 is 13.5 Å². The average molecular weight is 251 g/mol. The molecular weight excluding hydrogens is 233 g/mol. The minimum atomic E-state index is -0.249. The van der Waals surface area contributed by atoms with Crippen molar-refractivity contribution in [2.75, 3.05) is 14.2 Å². The second-order valence-corrected chi connectivity index (χ2v) is 4.45. The molecule has 0 aliphatic heterocycles. The first-order chi connectivity index (χ1) is 8.63. The van der Waals surface area contributed by atoms with Gasteiger partial charge in [0.25, 0.3) is 0 Å². The molecule has 1 aromatic carbocycles. The monoisotopic (exact) mass is 251 g/mol. The minimum absolute atomic E-state index is 0.0652. The lowest BCUT2D eigenvalue weighted by molar-refractivity contribution is 0.0988. The first-order valence-corrected chi connectivity index (χ1v) is 6.03. The molecule has 0 fully saturated rings. The molecule has 0 radical (unpaired) electrons. The van der Waals surface area contributed by atoms with Gasteiger partial charge in [0, 0.05) is 12.5 Å². The van der Waals surface area contributed by atoms with E-state index in [0.29, 0.717) is 5.58 Å². The lowest BCUT2D eigenvalue weighted by atomic mass is 10.1. The molecule has 2 unspecified atom stereocenters. The van der Waals surface area contributed by atoms with Crippen LogP contribution < -0.4 is 5.32 Å². The Morgan fingerprint density at radius 1 is 1.39 bits per heavy atom. The van der Waals surface area contributed by atoms with E-state index < -0.39 is 0 Å². The second-order valence-electron chi connectivity index (χ2n) is 4.45. The molecule has 0 aliphatic rings. The molecule has 98 valence electrons.